The van der Waals surface area contributed by atoms with E-state index in [4.69, 9.17) is 5.41 Å². The highest BCUT2D eigenvalue weighted by Gasteiger charge is 2.08. The molecule has 0 radical (unpaired) electrons. The number of aryl methyl sites for hydroxylation is 1. The highest BCUT2D eigenvalue weighted by molar-refractivity contribution is 8.13. The van der Waals surface area contributed by atoms with Gasteiger partial charge in [-0.25, -0.2) is 0 Å². The molecule has 1 rings (SSSR count). The first-order valence-electron chi connectivity index (χ1n) is 4.11. The van der Waals surface area contributed by atoms with Gasteiger partial charge in [0.2, 0.25) is 0 Å². The van der Waals surface area contributed by atoms with Crippen molar-refractivity contribution in [3.05, 3.63) is 29.3 Å². The lowest BCUT2D eigenvalue weighted by Gasteiger charge is -2.11. The zero-order chi connectivity index (χ0) is 9.84. The second-order valence-corrected chi connectivity index (χ2v) is 3.60. The molecule has 0 aliphatic carbocycles. The summed E-state index contributed by atoms with van der Waals surface area (Å²) in [5.41, 5.74) is 3.18. The molecule has 0 heterocycles. The van der Waals surface area contributed by atoms with Gasteiger partial charge in [0.1, 0.15) is 0 Å². The van der Waals surface area contributed by atoms with Crippen LogP contribution in [0.5, 0.6) is 0 Å². The van der Waals surface area contributed by atoms with Crippen molar-refractivity contribution >= 4 is 22.5 Å². The van der Waals surface area contributed by atoms with Crippen molar-refractivity contribution in [1.82, 2.24) is 0 Å². The maximum absolute atomic E-state index is 7.79. The monoisotopic (exact) mass is 194 g/mol. The minimum atomic E-state index is 0.613. The van der Waals surface area contributed by atoms with Crippen molar-refractivity contribution in [1.29, 1.82) is 5.41 Å². The Morgan fingerprint density at radius 1 is 1.46 bits per heavy atom. The fourth-order valence-corrected chi connectivity index (χ4v) is 1.75. The van der Waals surface area contributed by atoms with Gasteiger partial charge < -0.3 is 5.32 Å². The minimum absolute atomic E-state index is 0.613. The summed E-state index contributed by atoms with van der Waals surface area (Å²) in [7, 11) is 1.88. The second kappa shape index (κ2) is 4.33. The van der Waals surface area contributed by atoms with Crippen molar-refractivity contribution in [2.45, 2.75) is 6.92 Å². The molecule has 0 unspecified atom stereocenters. The minimum Gasteiger partial charge on any atom is -0.388 e. The second-order valence-electron chi connectivity index (χ2n) is 2.78. The SMILES string of the molecule is CNc1cccc(C)c1C(=N)SC. The van der Waals surface area contributed by atoms with Crippen molar-refractivity contribution in [3.63, 3.8) is 0 Å². The first-order chi connectivity index (χ1) is 6.20. The Hall–Kier alpha value is -0.960. The predicted molar refractivity (Wildman–Crippen MR) is 61.1 cm³/mol. The van der Waals surface area contributed by atoms with E-state index in [2.05, 4.69) is 5.32 Å². The lowest BCUT2D eigenvalue weighted by Crippen LogP contribution is -2.02. The van der Waals surface area contributed by atoms with E-state index < -0.39 is 0 Å². The Morgan fingerprint density at radius 2 is 2.15 bits per heavy atom. The van der Waals surface area contributed by atoms with E-state index in [1.807, 2.05) is 38.4 Å². The van der Waals surface area contributed by atoms with E-state index in [0.717, 1.165) is 16.8 Å². The first kappa shape index (κ1) is 10.1. The van der Waals surface area contributed by atoms with Crippen LogP contribution >= 0.6 is 11.8 Å². The van der Waals surface area contributed by atoms with E-state index >= 15 is 0 Å². The maximum atomic E-state index is 7.79. The molecule has 0 saturated carbocycles. The van der Waals surface area contributed by atoms with Crippen molar-refractivity contribution < 1.29 is 0 Å². The molecule has 0 spiro atoms. The number of anilines is 1. The van der Waals surface area contributed by atoms with E-state index in [1.54, 1.807) is 0 Å². The summed E-state index contributed by atoms with van der Waals surface area (Å²) in [5, 5.41) is 11.5. The number of rotatable bonds is 2. The largest absolute Gasteiger partial charge is 0.388 e. The van der Waals surface area contributed by atoms with Gasteiger partial charge in [0.25, 0.3) is 0 Å². The van der Waals surface area contributed by atoms with Gasteiger partial charge in [-0.2, -0.15) is 0 Å². The Morgan fingerprint density at radius 3 is 2.69 bits per heavy atom. The molecule has 1 aromatic carbocycles. The zero-order valence-electron chi connectivity index (χ0n) is 8.14. The molecule has 1 aromatic rings. The van der Waals surface area contributed by atoms with Crippen LogP contribution in [-0.4, -0.2) is 18.3 Å². The predicted octanol–water partition coefficient (Wildman–Crippen LogP) is 2.73. The molecule has 70 valence electrons. The number of nitrogens with one attached hydrogen (secondary N) is 2. The van der Waals surface area contributed by atoms with Gasteiger partial charge in [-0.15, -0.1) is 11.8 Å². The molecule has 0 fully saturated rings. The van der Waals surface area contributed by atoms with Gasteiger partial charge in [0, 0.05) is 18.3 Å². The molecule has 0 atom stereocenters. The smallest absolute Gasteiger partial charge is 0.0963 e. The topological polar surface area (TPSA) is 35.9 Å². The summed E-state index contributed by atoms with van der Waals surface area (Å²) in [6, 6.07) is 6.02. The van der Waals surface area contributed by atoms with Crippen molar-refractivity contribution in [2.24, 2.45) is 0 Å². The summed E-state index contributed by atoms with van der Waals surface area (Å²) in [5.74, 6) is 0. The van der Waals surface area contributed by atoms with E-state index in [1.165, 1.54) is 11.8 Å². The van der Waals surface area contributed by atoms with Crippen LogP contribution in [-0.2, 0) is 0 Å². The van der Waals surface area contributed by atoms with E-state index in [0.29, 0.717) is 5.04 Å². The summed E-state index contributed by atoms with van der Waals surface area (Å²) in [6.07, 6.45) is 1.92. The highest BCUT2D eigenvalue weighted by atomic mass is 32.2. The summed E-state index contributed by atoms with van der Waals surface area (Å²) in [6.45, 7) is 2.03. The Kier molecular flexibility index (Phi) is 3.37. The third kappa shape index (κ3) is 2.04. The van der Waals surface area contributed by atoms with Crippen LogP contribution in [0.25, 0.3) is 0 Å². The van der Waals surface area contributed by atoms with Crippen LogP contribution in [0.4, 0.5) is 5.69 Å². The normalized spacial score (nSPS) is 9.77. The quantitative estimate of drug-likeness (QED) is 0.561. The summed E-state index contributed by atoms with van der Waals surface area (Å²) in [4.78, 5) is 0. The van der Waals surface area contributed by atoms with Gasteiger partial charge in [-0.05, 0) is 24.8 Å². The van der Waals surface area contributed by atoms with Gasteiger partial charge in [-0.3, -0.25) is 5.41 Å². The van der Waals surface area contributed by atoms with Crippen molar-refractivity contribution in [2.75, 3.05) is 18.6 Å². The number of benzene rings is 1. The van der Waals surface area contributed by atoms with Gasteiger partial charge in [0.05, 0.1) is 5.04 Å². The average Bonchev–Trinajstić information content (AvgIpc) is 2.16. The fraction of sp³-hybridized carbons (Fsp3) is 0.300. The molecule has 0 aliphatic rings. The van der Waals surface area contributed by atoms with Crippen LogP contribution in [0.15, 0.2) is 18.2 Å². The standard InChI is InChI=1S/C10H14N2S/c1-7-5-4-6-8(12-2)9(7)10(11)13-3/h4-6,11-12H,1-3H3. The number of hydrogen-bond acceptors (Lipinski definition) is 3. The molecular formula is C10H14N2S. The Balaban J connectivity index is 3.22. The maximum Gasteiger partial charge on any atom is 0.0963 e. The fourth-order valence-electron chi connectivity index (χ4n) is 1.28. The molecule has 13 heavy (non-hydrogen) atoms. The third-order valence-electron chi connectivity index (χ3n) is 1.97. The van der Waals surface area contributed by atoms with Gasteiger partial charge >= 0.3 is 0 Å². The average molecular weight is 194 g/mol. The molecule has 0 bridgehead atoms. The molecular weight excluding hydrogens is 180 g/mol. The van der Waals surface area contributed by atoms with Crippen LogP contribution in [0, 0.1) is 12.3 Å². The molecule has 0 saturated heterocycles. The van der Waals surface area contributed by atoms with E-state index in [9.17, 15) is 0 Å². The van der Waals surface area contributed by atoms with Gasteiger partial charge in [-0.1, -0.05) is 12.1 Å². The number of thioether (sulfide) groups is 1. The number of hydrogen-bond donors (Lipinski definition) is 2. The first-order valence-corrected chi connectivity index (χ1v) is 5.33. The Bertz CT molecular complexity index is 321. The molecule has 2 nitrogen and oxygen atoms in total. The summed E-state index contributed by atoms with van der Waals surface area (Å²) >= 11 is 1.46. The van der Waals surface area contributed by atoms with Crippen LogP contribution in [0.3, 0.4) is 0 Å². The molecule has 3 heteroatoms. The summed E-state index contributed by atoms with van der Waals surface area (Å²) < 4.78 is 0. The lowest BCUT2D eigenvalue weighted by atomic mass is 10.1. The molecule has 0 aromatic heterocycles. The van der Waals surface area contributed by atoms with Crippen molar-refractivity contribution in [3.8, 4) is 0 Å². The van der Waals surface area contributed by atoms with Crippen LogP contribution in [0.1, 0.15) is 11.1 Å². The van der Waals surface area contributed by atoms with Gasteiger partial charge in [0.15, 0.2) is 0 Å². The lowest BCUT2D eigenvalue weighted by molar-refractivity contribution is 1.39. The molecule has 0 aliphatic heterocycles. The third-order valence-corrected chi connectivity index (χ3v) is 2.59. The Labute approximate surface area is 83.2 Å². The van der Waals surface area contributed by atoms with Crippen LogP contribution in [0.2, 0.25) is 0 Å². The van der Waals surface area contributed by atoms with E-state index in [-0.39, 0.29) is 0 Å². The highest BCUT2D eigenvalue weighted by Crippen LogP contribution is 2.22. The van der Waals surface area contributed by atoms with Crippen LogP contribution < -0.4 is 5.32 Å². The zero-order valence-corrected chi connectivity index (χ0v) is 8.96. The molecule has 2 N–H and O–H groups in total. The molecule has 0 amide bonds.